The second-order valence-electron chi connectivity index (χ2n) is 9.11. The Balaban J connectivity index is 1.30. The van der Waals surface area contributed by atoms with Crippen molar-refractivity contribution in [2.24, 2.45) is 5.92 Å². The zero-order valence-electron chi connectivity index (χ0n) is 19.9. The van der Waals surface area contributed by atoms with Crippen molar-refractivity contribution in [1.29, 1.82) is 0 Å². The molecule has 6 nitrogen and oxygen atoms in total. The van der Waals surface area contributed by atoms with Gasteiger partial charge >= 0.3 is 6.18 Å². The first-order valence-corrected chi connectivity index (χ1v) is 11.9. The van der Waals surface area contributed by atoms with Crippen LogP contribution in [0.3, 0.4) is 0 Å². The van der Waals surface area contributed by atoms with E-state index >= 15 is 0 Å². The normalized spacial score (nSPS) is 18.6. The number of piperidine rings is 1. The quantitative estimate of drug-likeness (QED) is 0.629. The molecule has 35 heavy (non-hydrogen) atoms. The molecule has 4 rings (SSSR count). The number of hydrogen-bond acceptors (Lipinski definition) is 4. The minimum absolute atomic E-state index is 0.0251. The minimum Gasteiger partial charge on any atom is -0.485 e. The van der Waals surface area contributed by atoms with E-state index in [1.165, 1.54) is 12.1 Å². The maximum Gasteiger partial charge on any atom is 0.416 e. The van der Waals surface area contributed by atoms with Crippen molar-refractivity contribution in [3.63, 3.8) is 0 Å². The van der Waals surface area contributed by atoms with Crippen LogP contribution in [0.15, 0.2) is 48.5 Å². The van der Waals surface area contributed by atoms with Crippen molar-refractivity contribution in [1.82, 2.24) is 9.80 Å². The lowest BCUT2D eigenvalue weighted by molar-refractivity contribution is -0.137. The molecular weight excluding hydrogens is 459 g/mol. The van der Waals surface area contributed by atoms with Gasteiger partial charge in [-0.15, -0.1) is 0 Å². The van der Waals surface area contributed by atoms with E-state index < -0.39 is 11.7 Å². The topological polar surface area (TPSA) is 53.1 Å². The number of benzene rings is 2. The minimum atomic E-state index is -4.44. The predicted molar refractivity (Wildman–Crippen MR) is 126 cm³/mol. The molecule has 1 fully saturated rings. The number of para-hydroxylation sites is 2. The van der Waals surface area contributed by atoms with Crippen molar-refractivity contribution in [2.45, 2.75) is 32.0 Å². The highest BCUT2D eigenvalue weighted by Crippen LogP contribution is 2.33. The summed E-state index contributed by atoms with van der Waals surface area (Å²) in [5.41, 5.74) is 0.495. The lowest BCUT2D eigenvalue weighted by Gasteiger charge is -2.38. The highest BCUT2D eigenvalue weighted by atomic mass is 19.4. The van der Waals surface area contributed by atoms with E-state index in [1.807, 2.05) is 24.3 Å². The second kappa shape index (κ2) is 10.2. The first kappa shape index (κ1) is 24.9. The largest absolute Gasteiger partial charge is 0.485 e. The molecule has 0 N–H and O–H groups in total. The molecule has 0 aromatic heterocycles. The lowest BCUT2D eigenvalue weighted by atomic mass is 9.94. The van der Waals surface area contributed by atoms with Gasteiger partial charge in [-0.2, -0.15) is 13.2 Å². The van der Waals surface area contributed by atoms with Gasteiger partial charge in [0.1, 0.15) is 11.9 Å². The van der Waals surface area contributed by atoms with Crippen LogP contribution in [0.4, 0.5) is 18.9 Å². The van der Waals surface area contributed by atoms with Gasteiger partial charge in [0.25, 0.3) is 5.91 Å². The van der Waals surface area contributed by atoms with Crippen LogP contribution in [0.25, 0.3) is 0 Å². The van der Waals surface area contributed by atoms with Gasteiger partial charge in [0.05, 0.1) is 24.3 Å². The number of ether oxygens (including phenoxy) is 1. The summed E-state index contributed by atoms with van der Waals surface area (Å²) in [6.45, 7) is 4.88. The number of alkyl halides is 3. The smallest absolute Gasteiger partial charge is 0.416 e. The molecule has 2 aromatic rings. The number of rotatable bonds is 5. The zero-order valence-corrected chi connectivity index (χ0v) is 19.9. The van der Waals surface area contributed by atoms with Crippen molar-refractivity contribution in [3.05, 3.63) is 59.7 Å². The van der Waals surface area contributed by atoms with E-state index in [2.05, 4.69) is 11.8 Å². The SMILES string of the molecule is CCN1C[C@H](CN(C)C(=O)C2CCN(C(=O)c3ccc(C(F)(F)F)cc3)CC2)Oc2ccccc21. The van der Waals surface area contributed by atoms with E-state index in [9.17, 15) is 22.8 Å². The molecule has 1 atom stereocenters. The number of nitrogens with zero attached hydrogens (tertiary/aromatic N) is 3. The van der Waals surface area contributed by atoms with Crippen molar-refractivity contribution in [2.75, 3.05) is 44.7 Å². The third-order valence-corrected chi connectivity index (χ3v) is 6.75. The summed E-state index contributed by atoms with van der Waals surface area (Å²) in [5.74, 6) is 0.334. The standard InChI is InChI=1S/C26H30F3N3O3/c1-3-31-17-21(35-23-7-5-4-6-22(23)31)16-30(2)24(33)19-12-14-32(15-13-19)25(34)18-8-10-20(11-9-18)26(27,28)29/h4-11,19,21H,3,12-17H2,1-2H3/t21-/m0/s1. The molecule has 0 saturated carbocycles. The van der Waals surface area contributed by atoms with Crippen LogP contribution < -0.4 is 9.64 Å². The molecule has 9 heteroatoms. The van der Waals surface area contributed by atoms with Crippen molar-refractivity contribution < 1.29 is 27.5 Å². The Kier molecular flexibility index (Phi) is 7.23. The molecule has 0 radical (unpaired) electrons. The number of hydrogen-bond donors (Lipinski definition) is 0. The molecule has 188 valence electrons. The van der Waals surface area contributed by atoms with E-state index in [4.69, 9.17) is 4.74 Å². The summed E-state index contributed by atoms with van der Waals surface area (Å²) in [4.78, 5) is 31.4. The first-order valence-electron chi connectivity index (χ1n) is 11.9. The average Bonchev–Trinajstić information content (AvgIpc) is 2.87. The summed E-state index contributed by atoms with van der Waals surface area (Å²) in [6.07, 6.45) is -3.54. The summed E-state index contributed by atoms with van der Waals surface area (Å²) in [5, 5.41) is 0. The van der Waals surface area contributed by atoms with Gasteiger partial charge in [-0.05, 0) is 56.2 Å². The maximum atomic E-state index is 13.1. The van der Waals surface area contributed by atoms with Gasteiger partial charge in [0.15, 0.2) is 0 Å². The van der Waals surface area contributed by atoms with Gasteiger partial charge < -0.3 is 19.4 Å². The molecule has 2 aromatic carbocycles. The molecule has 2 heterocycles. The van der Waals surface area contributed by atoms with Gasteiger partial charge in [-0.1, -0.05) is 12.1 Å². The van der Waals surface area contributed by atoms with Gasteiger partial charge in [0.2, 0.25) is 5.91 Å². The Morgan fingerprint density at radius 2 is 1.71 bits per heavy atom. The fraction of sp³-hybridized carbons (Fsp3) is 0.462. The highest BCUT2D eigenvalue weighted by Gasteiger charge is 2.33. The monoisotopic (exact) mass is 489 g/mol. The number of fused-ring (bicyclic) bond motifs is 1. The molecule has 0 aliphatic carbocycles. The Morgan fingerprint density at radius 1 is 1.06 bits per heavy atom. The third-order valence-electron chi connectivity index (χ3n) is 6.75. The molecule has 0 bridgehead atoms. The van der Waals surface area contributed by atoms with Crippen molar-refractivity contribution >= 4 is 17.5 Å². The van der Waals surface area contributed by atoms with Crippen LogP contribution >= 0.6 is 0 Å². The molecule has 2 aliphatic rings. The van der Waals surface area contributed by atoms with Gasteiger partial charge in [-0.25, -0.2) is 0 Å². The third kappa shape index (κ3) is 5.55. The first-order chi connectivity index (χ1) is 16.7. The molecule has 0 spiro atoms. The fourth-order valence-electron chi connectivity index (χ4n) is 4.79. The Bertz CT molecular complexity index is 1050. The van der Waals surface area contributed by atoms with Crippen molar-refractivity contribution in [3.8, 4) is 5.75 Å². The van der Waals surface area contributed by atoms with E-state index in [-0.39, 0.29) is 29.4 Å². The van der Waals surface area contributed by atoms with E-state index in [1.54, 1.807) is 16.8 Å². The maximum absolute atomic E-state index is 13.1. The molecule has 0 unspecified atom stereocenters. The number of carbonyl (C=O) groups is 2. The van der Waals surface area contributed by atoms with E-state index in [0.717, 1.165) is 30.1 Å². The lowest BCUT2D eigenvalue weighted by Crippen LogP contribution is -2.49. The summed E-state index contributed by atoms with van der Waals surface area (Å²) < 4.78 is 44.4. The summed E-state index contributed by atoms with van der Waals surface area (Å²) in [7, 11) is 1.78. The molecule has 2 amide bonds. The Morgan fingerprint density at radius 3 is 2.34 bits per heavy atom. The van der Waals surface area contributed by atoms with Crippen LogP contribution in [-0.2, 0) is 11.0 Å². The number of likely N-dealkylation sites (N-methyl/N-ethyl adjacent to an activating group) is 2. The number of halogens is 3. The summed E-state index contributed by atoms with van der Waals surface area (Å²) in [6, 6.07) is 12.1. The highest BCUT2D eigenvalue weighted by molar-refractivity contribution is 5.94. The second-order valence-corrected chi connectivity index (χ2v) is 9.11. The van der Waals surface area contributed by atoms with Crippen LogP contribution in [-0.4, -0.2) is 67.5 Å². The molecular formula is C26H30F3N3O3. The number of likely N-dealkylation sites (tertiary alicyclic amines) is 1. The number of amides is 2. The Hall–Kier alpha value is -3.23. The van der Waals surface area contributed by atoms with Crippen LogP contribution in [0.5, 0.6) is 5.75 Å². The number of anilines is 1. The molecule has 1 saturated heterocycles. The van der Waals surface area contributed by atoms with E-state index in [0.29, 0.717) is 39.0 Å². The van der Waals surface area contributed by atoms with Crippen LogP contribution in [0.1, 0.15) is 35.7 Å². The van der Waals surface area contributed by atoms with Crippen LogP contribution in [0, 0.1) is 5.92 Å². The average molecular weight is 490 g/mol. The van der Waals surface area contributed by atoms with Gasteiger partial charge in [0, 0.05) is 38.2 Å². The fourth-order valence-corrected chi connectivity index (χ4v) is 4.79. The Labute approximate surface area is 203 Å². The van der Waals surface area contributed by atoms with Gasteiger partial charge in [-0.3, -0.25) is 9.59 Å². The predicted octanol–water partition coefficient (Wildman–Crippen LogP) is 4.30. The zero-order chi connectivity index (χ0) is 25.2. The van der Waals surface area contributed by atoms with Crippen LogP contribution in [0.2, 0.25) is 0 Å². The summed E-state index contributed by atoms with van der Waals surface area (Å²) >= 11 is 0. The molecule has 2 aliphatic heterocycles. The number of carbonyl (C=O) groups excluding carboxylic acids is 2.